The van der Waals surface area contributed by atoms with Gasteiger partial charge in [-0.15, -0.1) is 0 Å². The van der Waals surface area contributed by atoms with Crippen LogP contribution in [-0.2, 0) is 0 Å². The molecule has 0 fully saturated rings. The van der Waals surface area contributed by atoms with Crippen molar-refractivity contribution in [2.45, 2.75) is 19.8 Å². The standard InChI is InChI=1S/C13H14N4/c1-9-6-7-10(8-9)16-17-13-14-11-4-2-3-5-12(11)15-13/h2-5,8H,6-7H2,1H3,(H2,14,15,17). The van der Waals surface area contributed by atoms with E-state index in [1.165, 1.54) is 5.57 Å². The monoisotopic (exact) mass is 226 g/mol. The Morgan fingerprint density at radius 1 is 1.29 bits per heavy atom. The summed E-state index contributed by atoms with van der Waals surface area (Å²) < 4.78 is 0. The van der Waals surface area contributed by atoms with E-state index in [1.54, 1.807) is 0 Å². The molecular formula is C13H14N4. The molecule has 0 atom stereocenters. The first-order valence-corrected chi connectivity index (χ1v) is 5.76. The number of nitrogens with one attached hydrogen (secondary N) is 2. The summed E-state index contributed by atoms with van der Waals surface area (Å²) in [6, 6.07) is 7.94. The van der Waals surface area contributed by atoms with E-state index in [4.69, 9.17) is 0 Å². The SMILES string of the molecule is CC1=CC(=NNc2nc3ccccc3[nH]2)CC1. The van der Waals surface area contributed by atoms with Crippen molar-refractivity contribution >= 4 is 22.7 Å². The lowest BCUT2D eigenvalue weighted by molar-refractivity contribution is 1.05. The topological polar surface area (TPSA) is 53.1 Å². The van der Waals surface area contributed by atoms with E-state index in [2.05, 4.69) is 33.5 Å². The van der Waals surface area contributed by atoms with Gasteiger partial charge in [-0.3, -0.25) is 0 Å². The smallest absolute Gasteiger partial charge is 0.222 e. The zero-order chi connectivity index (χ0) is 11.7. The van der Waals surface area contributed by atoms with Crippen LogP contribution in [0.5, 0.6) is 0 Å². The fourth-order valence-electron chi connectivity index (χ4n) is 1.97. The maximum absolute atomic E-state index is 4.40. The number of para-hydroxylation sites is 2. The molecule has 0 bridgehead atoms. The minimum atomic E-state index is 0.691. The molecule has 0 saturated heterocycles. The van der Waals surface area contributed by atoms with Crippen LogP contribution in [0.4, 0.5) is 5.95 Å². The summed E-state index contributed by atoms with van der Waals surface area (Å²) in [5, 5.41) is 4.34. The number of hydrogen-bond acceptors (Lipinski definition) is 3. The Kier molecular flexibility index (Phi) is 2.40. The molecule has 0 aliphatic heterocycles. The normalized spacial score (nSPS) is 17.7. The van der Waals surface area contributed by atoms with Crippen molar-refractivity contribution in [2.24, 2.45) is 5.10 Å². The van der Waals surface area contributed by atoms with Gasteiger partial charge < -0.3 is 4.98 Å². The first-order chi connectivity index (χ1) is 8.31. The average Bonchev–Trinajstić information content (AvgIpc) is 2.91. The second-order valence-electron chi connectivity index (χ2n) is 4.31. The molecule has 1 aromatic heterocycles. The lowest BCUT2D eigenvalue weighted by atomic mass is 10.3. The van der Waals surface area contributed by atoms with Gasteiger partial charge in [-0.25, -0.2) is 10.4 Å². The van der Waals surface area contributed by atoms with E-state index in [1.807, 2.05) is 24.3 Å². The first kappa shape index (κ1) is 10.1. The summed E-state index contributed by atoms with van der Waals surface area (Å²) >= 11 is 0. The van der Waals surface area contributed by atoms with E-state index in [0.717, 1.165) is 29.6 Å². The van der Waals surface area contributed by atoms with E-state index in [-0.39, 0.29) is 0 Å². The molecule has 1 heterocycles. The van der Waals surface area contributed by atoms with Gasteiger partial charge in [0.2, 0.25) is 5.95 Å². The number of allylic oxidation sites excluding steroid dienone is 2. The van der Waals surface area contributed by atoms with Gasteiger partial charge in [-0.2, -0.15) is 5.10 Å². The Bertz CT molecular complexity index is 574. The van der Waals surface area contributed by atoms with Crippen molar-refractivity contribution in [3.63, 3.8) is 0 Å². The third-order valence-electron chi connectivity index (χ3n) is 2.88. The van der Waals surface area contributed by atoms with E-state index in [0.29, 0.717) is 5.95 Å². The molecule has 0 radical (unpaired) electrons. The molecule has 0 unspecified atom stereocenters. The predicted octanol–water partition coefficient (Wildman–Crippen LogP) is 3.07. The van der Waals surface area contributed by atoms with Crippen molar-refractivity contribution < 1.29 is 0 Å². The Morgan fingerprint density at radius 2 is 2.18 bits per heavy atom. The molecule has 2 N–H and O–H groups in total. The maximum atomic E-state index is 4.40. The Labute approximate surface area is 99.5 Å². The highest BCUT2D eigenvalue weighted by Crippen LogP contribution is 2.16. The zero-order valence-corrected chi connectivity index (χ0v) is 9.70. The second-order valence-corrected chi connectivity index (χ2v) is 4.31. The molecule has 4 nitrogen and oxygen atoms in total. The van der Waals surface area contributed by atoms with Crippen LogP contribution in [0.25, 0.3) is 11.0 Å². The number of benzene rings is 1. The zero-order valence-electron chi connectivity index (χ0n) is 9.70. The number of aromatic amines is 1. The van der Waals surface area contributed by atoms with Crippen molar-refractivity contribution in [1.82, 2.24) is 9.97 Å². The Balaban J connectivity index is 1.81. The molecule has 17 heavy (non-hydrogen) atoms. The van der Waals surface area contributed by atoms with Gasteiger partial charge in [0.05, 0.1) is 16.7 Å². The largest absolute Gasteiger partial charge is 0.323 e. The summed E-state index contributed by atoms with van der Waals surface area (Å²) in [4.78, 5) is 7.58. The molecule has 1 aliphatic rings. The van der Waals surface area contributed by atoms with Crippen LogP contribution in [0.3, 0.4) is 0 Å². The average molecular weight is 226 g/mol. The Morgan fingerprint density at radius 3 is 2.94 bits per heavy atom. The lowest BCUT2D eigenvalue weighted by Crippen LogP contribution is -1.96. The number of hydrogen-bond donors (Lipinski definition) is 2. The summed E-state index contributed by atoms with van der Waals surface area (Å²) in [6.45, 7) is 2.13. The second kappa shape index (κ2) is 4.05. The quantitative estimate of drug-likeness (QED) is 0.773. The fourth-order valence-corrected chi connectivity index (χ4v) is 1.97. The molecule has 0 amide bonds. The molecule has 0 spiro atoms. The van der Waals surface area contributed by atoms with Crippen LogP contribution in [0, 0.1) is 0 Å². The minimum Gasteiger partial charge on any atom is -0.323 e. The van der Waals surface area contributed by atoms with E-state index in [9.17, 15) is 0 Å². The van der Waals surface area contributed by atoms with Gasteiger partial charge >= 0.3 is 0 Å². The number of aromatic nitrogens is 2. The van der Waals surface area contributed by atoms with Gasteiger partial charge in [0, 0.05) is 0 Å². The highest BCUT2D eigenvalue weighted by atomic mass is 15.4. The van der Waals surface area contributed by atoms with Crippen molar-refractivity contribution in [1.29, 1.82) is 0 Å². The molecule has 4 heteroatoms. The van der Waals surface area contributed by atoms with Gasteiger partial charge in [-0.05, 0) is 38.0 Å². The molecule has 3 rings (SSSR count). The van der Waals surface area contributed by atoms with Gasteiger partial charge in [-0.1, -0.05) is 17.7 Å². The summed E-state index contributed by atoms with van der Waals surface area (Å²) in [5.74, 6) is 0.691. The van der Waals surface area contributed by atoms with Crippen LogP contribution < -0.4 is 5.43 Å². The fraction of sp³-hybridized carbons (Fsp3) is 0.231. The molecule has 0 saturated carbocycles. The number of H-pyrrole nitrogens is 1. The van der Waals surface area contributed by atoms with Crippen LogP contribution in [0.15, 0.2) is 41.0 Å². The molecule has 2 aromatic rings. The van der Waals surface area contributed by atoms with Gasteiger partial charge in [0.25, 0.3) is 0 Å². The van der Waals surface area contributed by atoms with Gasteiger partial charge in [0.15, 0.2) is 0 Å². The summed E-state index contributed by atoms with van der Waals surface area (Å²) in [7, 11) is 0. The lowest BCUT2D eigenvalue weighted by Gasteiger charge is -1.95. The Hall–Kier alpha value is -2.10. The van der Waals surface area contributed by atoms with Gasteiger partial charge in [0.1, 0.15) is 0 Å². The number of hydrazone groups is 1. The molecule has 1 aliphatic carbocycles. The van der Waals surface area contributed by atoms with Crippen LogP contribution in [-0.4, -0.2) is 15.7 Å². The number of anilines is 1. The van der Waals surface area contributed by atoms with Crippen LogP contribution >= 0.6 is 0 Å². The number of imidazole rings is 1. The number of fused-ring (bicyclic) bond motifs is 1. The highest BCUT2D eigenvalue weighted by molar-refractivity contribution is 5.98. The first-order valence-electron chi connectivity index (χ1n) is 5.76. The number of nitrogens with zero attached hydrogens (tertiary/aromatic N) is 2. The molecule has 86 valence electrons. The third kappa shape index (κ3) is 2.06. The maximum Gasteiger partial charge on any atom is 0.222 e. The number of rotatable bonds is 2. The highest BCUT2D eigenvalue weighted by Gasteiger charge is 2.06. The van der Waals surface area contributed by atoms with E-state index < -0.39 is 0 Å². The van der Waals surface area contributed by atoms with E-state index >= 15 is 0 Å². The third-order valence-corrected chi connectivity index (χ3v) is 2.88. The van der Waals surface area contributed by atoms with Crippen LogP contribution in [0.1, 0.15) is 19.8 Å². The molecule has 1 aromatic carbocycles. The summed E-state index contributed by atoms with van der Waals surface area (Å²) in [6.07, 6.45) is 4.25. The minimum absolute atomic E-state index is 0.691. The van der Waals surface area contributed by atoms with Crippen LogP contribution in [0.2, 0.25) is 0 Å². The summed E-state index contributed by atoms with van der Waals surface area (Å²) in [5.41, 5.74) is 7.42. The van der Waals surface area contributed by atoms with Crippen molar-refractivity contribution in [3.8, 4) is 0 Å². The van der Waals surface area contributed by atoms with Crippen molar-refractivity contribution in [3.05, 3.63) is 35.9 Å². The predicted molar refractivity (Wildman–Crippen MR) is 70.1 cm³/mol. The van der Waals surface area contributed by atoms with Crippen molar-refractivity contribution in [2.75, 3.05) is 5.43 Å². The molecular weight excluding hydrogens is 212 g/mol.